The van der Waals surface area contributed by atoms with Crippen molar-refractivity contribution in [2.45, 2.75) is 77.5 Å². The van der Waals surface area contributed by atoms with E-state index in [1.807, 2.05) is 18.2 Å². The number of benzene rings is 1. The zero-order valence-corrected chi connectivity index (χ0v) is 18.6. The van der Waals surface area contributed by atoms with Crippen molar-refractivity contribution in [3.8, 4) is 5.75 Å². The molecule has 7 nitrogen and oxygen atoms in total. The number of hydrogen-bond donors (Lipinski definition) is 1. The fraction of sp³-hybridized carbons (Fsp3) is 0.625. The molecule has 0 unspecified atom stereocenters. The molecule has 0 amide bonds. The van der Waals surface area contributed by atoms with Crippen LogP contribution in [0.4, 0.5) is 0 Å². The minimum atomic E-state index is -0.441. The lowest BCUT2D eigenvalue weighted by molar-refractivity contribution is -0.171. The highest BCUT2D eigenvalue weighted by atomic mass is 16.6. The molecule has 31 heavy (non-hydrogen) atoms. The van der Waals surface area contributed by atoms with E-state index in [1.54, 1.807) is 0 Å². The van der Waals surface area contributed by atoms with Gasteiger partial charge >= 0.3 is 17.9 Å². The van der Waals surface area contributed by atoms with E-state index in [0.717, 1.165) is 24.8 Å². The predicted molar refractivity (Wildman–Crippen MR) is 112 cm³/mol. The molecule has 0 spiro atoms. The smallest absolute Gasteiger partial charge is 0.308 e. The fourth-order valence-electron chi connectivity index (χ4n) is 6.52. The van der Waals surface area contributed by atoms with Gasteiger partial charge in [-0.15, -0.1) is 0 Å². The Hall–Kier alpha value is -2.41. The monoisotopic (exact) mass is 429 g/mol. The van der Waals surface area contributed by atoms with Crippen molar-refractivity contribution < 1.29 is 28.6 Å². The quantitative estimate of drug-likeness (QED) is 0.580. The molecule has 2 fully saturated rings. The summed E-state index contributed by atoms with van der Waals surface area (Å²) in [4.78, 5) is 34.9. The minimum absolute atomic E-state index is 0.172. The van der Waals surface area contributed by atoms with E-state index in [-0.39, 0.29) is 35.3 Å². The fourth-order valence-corrected chi connectivity index (χ4v) is 6.52. The molecular weight excluding hydrogens is 398 g/mol. The lowest BCUT2D eigenvalue weighted by atomic mass is 9.55. The van der Waals surface area contributed by atoms with E-state index in [9.17, 15) is 14.4 Å². The van der Waals surface area contributed by atoms with Crippen LogP contribution in [0.5, 0.6) is 5.75 Å². The second-order valence-corrected chi connectivity index (χ2v) is 9.56. The lowest BCUT2D eigenvalue weighted by Gasteiger charge is -2.51. The first-order chi connectivity index (χ1) is 14.6. The molecule has 0 heterocycles. The summed E-state index contributed by atoms with van der Waals surface area (Å²) in [6, 6.07) is 5.59. The second kappa shape index (κ2) is 7.93. The molecule has 0 aromatic heterocycles. The molecule has 3 aliphatic rings. The van der Waals surface area contributed by atoms with Gasteiger partial charge in [0, 0.05) is 32.2 Å². The van der Waals surface area contributed by atoms with Gasteiger partial charge in [0.1, 0.15) is 18.0 Å². The summed E-state index contributed by atoms with van der Waals surface area (Å²) < 4.78 is 16.6. The number of rotatable bonds is 3. The van der Waals surface area contributed by atoms with Crippen molar-refractivity contribution in [1.29, 1.82) is 0 Å². The normalized spacial score (nSPS) is 35.9. The number of nitrogens with two attached hydrogens (primary N) is 1. The third-order valence-electron chi connectivity index (χ3n) is 7.60. The molecule has 3 aliphatic carbocycles. The lowest BCUT2D eigenvalue weighted by Crippen LogP contribution is -2.47. The average Bonchev–Trinajstić information content (AvgIpc) is 2.93. The van der Waals surface area contributed by atoms with Crippen molar-refractivity contribution in [1.82, 2.24) is 0 Å². The molecule has 0 bridgehead atoms. The van der Waals surface area contributed by atoms with Crippen LogP contribution in [0.15, 0.2) is 18.2 Å². The number of fused-ring (bicyclic) bond motifs is 5. The Morgan fingerprint density at radius 2 is 1.71 bits per heavy atom. The van der Waals surface area contributed by atoms with Crippen LogP contribution in [0.3, 0.4) is 0 Å². The van der Waals surface area contributed by atoms with Gasteiger partial charge in [0.25, 0.3) is 0 Å². The van der Waals surface area contributed by atoms with E-state index in [1.165, 1.54) is 26.3 Å². The Morgan fingerprint density at radius 3 is 2.35 bits per heavy atom. The van der Waals surface area contributed by atoms with Crippen LogP contribution < -0.4 is 10.5 Å². The van der Waals surface area contributed by atoms with Crippen molar-refractivity contribution in [3.63, 3.8) is 0 Å². The van der Waals surface area contributed by atoms with Gasteiger partial charge in [0.05, 0.1) is 0 Å². The Labute approximate surface area is 182 Å². The third-order valence-corrected chi connectivity index (χ3v) is 7.60. The van der Waals surface area contributed by atoms with Crippen molar-refractivity contribution >= 4 is 17.9 Å². The first-order valence-corrected chi connectivity index (χ1v) is 11.0. The Morgan fingerprint density at radius 1 is 1.00 bits per heavy atom. The van der Waals surface area contributed by atoms with Crippen LogP contribution in [0.2, 0.25) is 0 Å². The van der Waals surface area contributed by atoms with Crippen LogP contribution in [0.25, 0.3) is 0 Å². The number of ether oxygens (including phenoxy) is 3. The molecule has 2 saturated carbocycles. The molecule has 4 rings (SSSR count). The third kappa shape index (κ3) is 3.84. The van der Waals surface area contributed by atoms with Crippen LogP contribution in [0, 0.1) is 17.3 Å². The van der Waals surface area contributed by atoms with Gasteiger partial charge < -0.3 is 19.9 Å². The van der Waals surface area contributed by atoms with E-state index >= 15 is 0 Å². The molecule has 1 aromatic carbocycles. The number of carbonyl (C=O) groups excluding carboxylic acids is 3. The van der Waals surface area contributed by atoms with Gasteiger partial charge in [0.2, 0.25) is 0 Å². The Bertz CT molecular complexity index is 913. The largest absolute Gasteiger partial charge is 0.459 e. The number of esters is 3. The number of hydrogen-bond acceptors (Lipinski definition) is 7. The summed E-state index contributed by atoms with van der Waals surface area (Å²) in [6.45, 7) is 6.35. The van der Waals surface area contributed by atoms with Gasteiger partial charge in [-0.3, -0.25) is 14.4 Å². The molecule has 168 valence electrons. The Balaban J connectivity index is 1.66. The summed E-state index contributed by atoms with van der Waals surface area (Å²) >= 11 is 0. The van der Waals surface area contributed by atoms with Gasteiger partial charge in [-0.2, -0.15) is 0 Å². The maximum Gasteiger partial charge on any atom is 0.308 e. The maximum atomic E-state index is 11.8. The van der Waals surface area contributed by atoms with E-state index in [0.29, 0.717) is 24.0 Å². The van der Waals surface area contributed by atoms with Gasteiger partial charge in [-0.1, -0.05) is 13.0 Å². The molecule has 0 saturated heterocycles. The molecule has 7 heteroatoms. The standard InChI is InChI=1S/C24H31NO6/c1-12(26)29-15-5-6-16-17-7-8-24(4)20(18(17)10-21(25)19(16)9-15)11-22(30-13(2)27)23(24)31-14(3)28/h5-6,9,17-18,20-23H,7-8,10-11,25H2,1-4H3/t17-,18-,20+,21+,22-,23+,24+/m1/s1. The number of carbonyl (C=O) groups is 3. The summed E-state index contributed by atoms with van der Waals surface area (Å²) in [7, 11) is 0. The minimum Gasteiger partial charge on any atom is -0.459 e. The second-order valence-electron chi connectivity index (χ2n) is 9.56. The van der Waals surface area contributed by atoms with Gasteiger partial charge in [-0.05, 0) is 66.7 Å². The van der Waals surface area contributed by atoms with Gasteiger partial charge in [-0.25, -0.2) is 0 Å². The van der Waals surface area contributed by atoms with E-state index in [2.05, 4.69) is 6.92 Å². The average molecular weight is 430 g/mol. The van der Waals surface area contributed by atoms with Crippen molar-refractivity contribution in [2.24, 2.45) is 23.0 Å². The summed E-state index contributed by atoms with van der Waals surface area (Å²) in [5.41, 5.74) is 8.58. The first-order valence-electron chi connectivity index (χ1n) is 11.0. The van der Waals surface area contributed by atoms with Crippen LogP contribution >= 0.6 is 0 Å². The molecule has 1 aromatic rings. The van der Waals surface area contributed by atoms with Crippen LogP contribution in [0.1, 0.15) is 76.5 Å². The van der Waals surface area contributed by atoms with E-state index in [4.69, 9.17) is 19.9 Å². The summed E-state index contributed by atoms with van der Waals surface area (Å²) in [5.74, 6) is 0.320. The molecule has 2 N–H and O–H groups in total. The Kier molecular flexibility index (Phi) is 5.58. The highest BCUT2D eigenvalue weighted by Crippen LogP contribution is 2.63. The topological polar surface area (TPSA) is 105 Å². The molecule has 0 aliphatic heterocycles. The van der Waals surface area contributed by atoms with Crippen molar-refractivity contribution in [2.75, 3.05) is 0 Å². The predicted octanol–water partition coefficient (Wildman–Crippen LogP) is 3.40. The van der Waals surface area contributed by atoms with Crippen LogP contribution in [-0.4, -0.2) is 30.1 Å². The molecule has 0 radical (unpaired) electrons. The summed E-state index contributed by atoms with van der Waals surface area (Å²) in [6.07, 6.45) is 2.40. The van der Waals surface area contributed by atoms with Gasteiger partial charge in [0.15, 0.2) is 0 Å². The van der Waals surface area contributed by atoms with E-state index < -0.39 is 12.2 Å². The highest BCUT2D eigenvalue weighted by molar-refractivity contribution is 5.69. The molecular formula is C24H31NO6. The SMILES string of the molecule is CC(=O)Oc1ccc2c(c1)[C@@H](N)C[C@@H]1[C@@H]2CC[C@@]2(C)[C@H]1C[C@@H](OC(C)=O)[C@@H]2OC(C)=O. The van der Waals surface area contributed by atoms with Crippen LogP contribution in [-0.2, 0) is 23.9 Å². The molecule has 7 atom stereocenters. The zero-order valence-electron chi connectivity index (χ0n) is 18.6. The first kappa shape index (κ1) is 21.8. The van der Waals surface area contributed by atoms with Crippen molar-refractivity contribution in [3.05, 3.63) is 29.3 Å². The highest BCUT2D eigenvalue weighted by Gasteiger charge is 2.61. The summed E-state index contributed by atoms with van der Waals surface area (Å²) in [5, 5.41) is 0. The zero-order chi connectivity index (χ0) is 22.5. The maximum absolute atomic E-state index is 11.8.